The number of nitrogens with zero attached hydrogens (tertiary/aromatic N) is 1. The minimum absolute atomic E-state index is 0.157. The number of carbonyl (C=O) groups excluding carboxylic acids is 1. The standard InChI is InChI=1S/C14H8Br2N2OS/c15-9-3-1-8(2-4-9)13(19)18-14-17-11-6-5-10(16)7-12(11)20-14/h1-7H,(H,17,18,19). The van der Waals surface area contributed by atoms with Crippen LogP contribution in [0.1, 0.15) is 10.4 Å². The molecule has 3 aromatic rings. The molecule has 1 N–H and O–H groups in total. The fraction of sp³-hybridized carbons (Fsp3) is 0. The van der Waals surface area contributed by atoms with Gasteiger partial charge in [0.25, 0.3) is 5.91 Å². The van der Waals surface area contributed by atoms with Gasteiger partial charge in [0.2, 0.25) is 0 Å². The van der Waals surface area contributed by atoms with Crippen LogP contribution in [0, 0.1) is 0 Å². The molecule has 0 fully saturated rings. The van der Waals surface area contributed by atoms with Gasteiger partial charge in [-0.1, -0.05) is 43.2 Å². The number of fused-ring (bicyclic) bond motifs is 1. The van der Waals surface area contributed by atoms with Crippen LogP contribution in [0.2, 0.25) is 0 Å². The van der Waals surface area contributed by atoms with E-state index < -0.39 is 0 Å². The Balaban J connectivity index is 1.85. The van der Waals surface area contributed by atoms with E-state index in [9.17, 15) is 4.79 Å². The second-order valence-corrected chi connectivity index (χ2v) is 6.95. The topological polar surface area (TPSA) is 42.0 Å². The summed E-state index contributed by atoms with van der Waals surface area (Å²) in [5, 5.41) is 3.43. The number of hydrogen-bond donors (Lipinski definition) is 1. The average molecular weight is 412 g/mol. The Kier molecular flexibility index (Phi) is 3.87. The number of aromatic nitrogens is 1. The van der Waals surface area contributed by atoms with Gasteiger partial charge < -0.3 is 0 Å². The van der Waals surface area contributed by atoms with Crippen molar-refractivity contribution in [1.29, 1.82) is 0 Å². The van der Waals surface area contributed by atoms with Gasteiger partial charge in [-0.25, -0.2) is 4.98 Å². The van der Waals surface area contributed by atoms with Crippen molar-refractivity contribution in [2.24, 2.45) is 0 Å². The van der Waals surface area contributed by atoms with Crippen molar-refractivity contribution in [3.05, 3.63) is 57.0 Å². The number of rotatable bonds is 2. The van der Waals surface area contributed by atoms with Crippen LogP contribution in [0.3, 0.4) is 0 Å². The lowest BCUT2D eigenvalue weighted by Gasteiger charge is -2.01. The van der Waals surface area contributed by atoms with Crippen molar-refractivity contribution in [3.63, 3.8) is 0 Å². The molecule has 3 rings (SSSR count). The van der Waals surface area contributed by atoms with Crippen LogP contribution in [0.25, 0.3) is 10.2 Å². The monoisotopic (exact) mass is 410 g/mol. The fourth-order valence-corrected chi connectivity index (χ4v) is 3.40. The number of carbonyl (C=O) groups is 1. The van der Waals surface area contributed by atoms with Gasteiger partial charge in [0.15, 0.2) is 5.13 Å². The third-order valence-electron chi connectivity index (χ3n) is 2.68. The number of nitrogens with one attached hydrogen (secondary N) is 1. The molecule has 0 saturated heterocycles. The van der Waals surface area contributed by atoms with Gasteiger partial charge in [-0.3, -0.25) is 10.1 Å². The van der Waals surface area contributed by atoms with E-state index in [0.717, 1.165) is 19.2 Å². The van der Waals surface area contributed by atoms with Gasteiger partial charge in [-0.15, -0.1) is 0 Å². The predicted octanol–water partition coefficient (Wildman–Crippen LogP) is 5.07. The van der Waals surface area contributed by atoms with E-state index in [1.54, 1.807) is 12.1 Å². The molecule has 0 saturated carbocycles. The lowest BCUT2D eigenvalue weighted by molar-refractivity contribution is 0.102. The molecule has 0 bridgehead atoms. The first kappa shape index (κ1) is 13.7. The molecule has 3 nitrogen and oxygen atoms in total. The number of thiazole rings is 1. The zero-order chi connectivity index (χ0) is 14.1. The molecular formula is C14H8Br2N2OS. The van der Waals surface area contributed by atoms with Gasteiger partial charge in [0.1, 0.15) is 0 Å². The second-order valence-electron chi connectivity index (χ2n) is 4.09. The molecular weight excluding hydrogens is 404 g/mol. The summed E-state index contributed by atoms with van der Waals surface area (Å²) in [5.74, 6) is -0.157. The Bertz CT molecular complexity index is 783. The zero-order valence-corrected chi connectivity index (χ0v) is 14.0. The molecule has 1 aromatic heterocycles. The number of amides is 1. The Morgan fingerprint density at radius 1 is 1.05 bits per heavy atom. The number of benzene rings is 2. The Morgan fingerprint density at radius 3 is 2.50 bits per heavy atom. The minimum Gasteiger partial charge on any atom is -0.298 e. The van der Waals surface area contributed by atoms with Gasteiger partial charge in [0, 0.05) is 14.5 Å². The van der Waals surface area contributed by atoms with E-state index in [4.69, 9.17) is 0 Å². The van der Waals surface area contributed by atoms with Crippen LogP contribution in [0.5, 0.6) is 0 Å². The summed E-state index contributed by atoms with van der Waals surface area (Å²) in [6, 6.07) is 13.1. The van der Waals surface area contributed by atoms with Crippen molar-refractivity contribution in [3.8, 4) is 0 Å². The molecule has 1 amide bonds. The lowest BCUT2D eigenvalue weighted by Crippen LogP contribution is -2.11. The quantitative estimate of drug-likeness (QED) is 0.639. The van der Waals surface area contributed by atoms with Gasteiger partial charge in [-0.05, 0) is 42.5 Å². The van der Waals surface area contributed by atoms with Crippen molar-refractivity contribution >= 4 is 64.5 Å². The van der Waals surface area contributed by atoms with Gasteiger partial charge >= 0.3 is 0 Å². The maximum atomic E-state index is 12.1. The van der Waals surface area contributed by atoms with E-state index in [0.29, 0.717) is 10.7 Å². The highest BCUT2D eigenvalue weighted by Gasteiger charge is 2.10. The largest absolute Gasteiger partial charge is 0.298 e. The summed E-state index contributed by atoms with van der Waals surface area (Å²) in [6.45, 7) is 0. The van der Waals surface area contributed by atoms with Gasteiger partial charge in [-0.2, -0.15) is 0 Å². The third kappa shape index (κ3) is 2.92. The summed E-state index contributed by atoms with van der Waals surface area (Å²) in [4.78, 5) is 16.5. The molecule has 0 spiro atoms. The first-order chi connectivity index (χ1) is 9.61. The van der Waals surface area contributed by atoms with Crippen LogP contribution in [-0.2, 0) is 0 Å². The summed E-state index contributed by atoms with van der Waals surface area (Å²) >= 11 is 8.22. The molecule has 0 atom stereocenters. The van der Waals surface area contributed by atoms with Crippen LogP contribution < -0.4 is 5.32 Å². The fourth-order valence-electron chi connectivity index (χ4n) is 1.72. The molecule has 0 radical (unpaired) electrons. The highest BCUT2D eigenvalue weighted by atomic mass is 79.9. The predicted molar refractivity (Wildman–Crippen MR) is 89.4 cm³/mol. The highest BCUT2D eigenvalue weighted by Crippen LogP contribution is 2.28. The molecule has 2 aromatic carbocycles. The molecule has 1 heterocycles. The van der Waals surface area contributed by atoms with Crippen LogP contribution in [-0.4, -0.2) is 10.9 Å². The SMILES string of the molecule is O=C(Nc1nc2ccc(Br)cc2s1)c1ccc(Br)cc1. The number of anilines is 1. The average Bonchev–Trinajstić information content (AvgIpc) is 2.80. The molecule has 0 aliphatic heterocycles. The molecule has 0 unspecified atom stereocenters. The third-order valence-corrected chi connectivity index (χ3v) is 4.63. The first-order valence-corrected chi connectivity index (χ1v) is 8.15. The van der Waals surface area contributed by atoms with E-state index in [1.807, 2.05) is 30.3 Å². The van der Waals surface area contributed by atoms with Crippen molar-refractivity contribution in [1.82, 2.24) is 4.98 Å². The molecule has 100 valence electrons. The highest BCUT2D eigenvalue weighted by molar-refractivity contribution is 9.10. The van der Waals surface area contributed by atoms with E-state index in [1.165, 1.54) is 11.3 Å². The Hall–Kier alpha value is -1.24. The van der Waals surface area contributed by atoms with Crippen LogP contribution >= 0.6 is 43.2 Å². The summed E-state index contributed by atoms with van der Waals surface area (Å²) in [5.41, 5.74) is 1.48. The first-order valence-electron chi connectivity index (χ1n) is 5.75. The van der Waals surface area contributed by atoms with Crippen molar-refractivity contribution < 1.29 is 4.79 Å². The lowest BCUT2D eigenvalue weighted by atomic mass is 10.2. The van der Waals surface area contributed by atoms with E-state index in [-0.39, 0.29) is 5.91 Å². The maximum absolute atomic E-state index is 12.1. The van der Waals surface area contributed by atoms with E-state index in [2.05, 4.69) is 42.2 Å². The normalized spacial score (nSPS) is 10.7. The van der Waals surface area contributed by atoms with Gasteiger partial charge in [0.05, 0.1) is 10.2 Å². The van der Waals surface area contributed by atoms with Crippen molar-refractivity contribution in [2.45, 2.75) is 0 Å². The Morgan fingerprint density at radius 2 is 1.75 bits per heavy atom. The molecule has 0 aliphatic carbocycles. The molecule has 6 heteroatoms. The number of halogens is 2. The summed E-state index contributed by atoms with van der Waals surface area (Å²) in [7, 11) is 0. The maximum Gasteiger partial charge on any atom is 0.257 e. The molecule has 20 heavy (non-hydrogen) atoms. The molecule has 0 aliphatic rings. The van der Waals surface area contributed by atoms with Crippen LogP contribution in [0.4, 0.5) is 5.13 Å². The van der Waals surface area contributed by atoms with Crippen molar-refractivity contribution in [2.75, 3.05) is 5.32 Å². The smallest absolute Gasteiger partial charge is 0.257 e. The second kappa shape index (κ2) is 5.63. The number of hydrogen-bond acceptors (Lipinski definition) is 3. The summed E-state index contributed by atoms with van der Waals surface area (Å²) in [6.07, 6.45) is 0. The zero-order valence-electron chi connectivity index (χ0n) is 10.1. The van der Waals surface area contributed by atoms with Crippen LogP contribution in [0.15, 0.2) is 51.4 Å². The summed E-state index contributed by atoms with van der Waals surface area (Å²) < 4.78 is 2.98. The minimum atomic E-state index is -0.157. The van der Waals surface area contributed by atoms with E-state index >= 15 is 0 Å². The Labute approximate surface area is 136 Å².